The number of ether oxygens (including phenoxy) is 1. The van der Waals surface area contributed by atoms with Crippen LogP contribution in [0, 0.1) is 0 Å². The summed E-state index contributed by atoms with van der Waals surface area (Å²) >= 11 is 0. The van der Waals surface area contributed by atoms with Crippen LogP contribution in [0.3, 0.4) is 0 Å². The first-order valence-electron chi connectivity index (χ1n) is 4.64. The molecule has 0 unspecified atom stereocenters. The second-order valence-corrected chi connectivity index (χ2v) is 4.52. The maximum absolute atomic E-state index is 9.95. The van der Waals surface area contributed by atoms with E-state index in [0.29, 0.717) is 0 Å². The van der Waals surface area contributed by atoms with Gasteiger partial charge in [0.05, 0.1) is 0 Å². The lowest BCUT2D eigenvalue weighted by molar-refractivity contribution is -0.0717. The van der Waals surface area contributed by atoms with E-state index in [1.54, 1.807) is 0 Å². The zero-order valence-corrected chi connectivity index (χ0v) is 7.76. The normalized spacial score (nSPS) is 30.4. The van der Waals surface area contributed by atoms with Crippen LogP contribution in [0.5, 0.6) is 0 Å². The number of rotatable bonds is 1. The standard InChI is InChI=1S/C10H16O2/c1-9(2)7-4-8(12-9)10(11)5-3-6-10/h4,11H,3,5-7H2,1-2H3. The molecule has 2 nitrogen and oxygen atoms in total. The lowest BCUT2D eigenvalue weighted by Gasteiger charge is -2.38. The molecule has 2 rings (SSSR count). The van der Waals surface area contributed by atoms with Crippen LogP contribution in [0.2, 0.25) is 0 Å². The smallest absolute Gasteiger partial charge is 0.125 e. The minimum atomic E-state index is -0.603. The molecule has 2 heteroatoms. The summed E-state index contributed by atoms with van der Waals surface area (Å²) in [4.78, 5) is 0. The van der Waals surface area contributed by atoms with Crippen molar-refractivity contribution in [3.8, 4) is 0 Å². The Morgan fingerprint density at radius 3 is 2.42 bits per heavy atom. The fourth-order valence-corrected chi connectivity index (χ4v) is 1.76. The molecule has 0 saturated heterocycles. The van der Waals surface area contributed by atoms with Crippen molar-refractivity contribution < 1.29 is 9.84 Å². The highest BCUT2D eigenvalue weighted by molar-refractivity contribution is 5.19. The van der Waals surface area contributed by atoms with Crippen molar-refractivity contribution >= 4 is 0 Å². The molecule has 1 saturated carbocycles. The average Bonchev–Trinajstić information content (AvgIpc) is 2.25. The molecule has 1 heterocycles. The van der Waals surface area contributed by atoms with Crippen LogP contribution < -0.4 is 0 Å². The molecule has 0 amide bonds. The van der Waals surface area contributed by atoms with E-state index in [1.165, 1.54) is 0 Å². The lowest BCUT2D eigenvalue weighted by Crippen LogP contribution is -2.40. The van der Waals surface area contributed by atoms with Gasteiger partial charge in [0, 0.05) is 6.42 Å². The molecule has 0 radical (unpaired) electrons. The van der Waals surface area contributed by atoms with Gasteiger partial charge in [-0.15, -0.1) is 0 Å². The second-order valence-electron chi connectivity index (χ2n) is 4.52. The topological polar surface area (TPSA) is 29.5 Å². The van der Waals surface area contributed by atoms with Crippen LogP contribution in [-0.4, -0.2) is 16.3 Å². The van der Waals surface area contributed by atoms with Crippen molar-refractivity contribution in [2.45, 2.75) is 50.7 Å². The third-order valence-electron chi connectivity index (χ3n) is 2.80. The van der Waals surface area contributed by atoms with Crippen LogP contribution in [0.25, 0.3) is 0 Å². The van der Waals surface area contributed by atoms with E-state index in [-0.39, 0.29) is 5.60 Å². The maximum atomic E-state index is 9.95. The highest BCUT2D eigenvalue weighted by Gasteiger charge is 2.44. The third kappa shape index (κ3) is 1.14. The minimum Gasteiger partial charge on any atom is -0.489 e. The van der Waals surface area contributed by atoms with E-state index < -0.39 is 5.60 Å². The molecular weight excluding hydrogens is 152 g/mol. The van der Waals surface area contributed by atoms with Crippen molar-refractivity contribution in [2.24, 2.45) is 0 Å². The summed E-state index contributed by atoms with van der Waals surface area (Å²) < 4.78 is 5.67. The molecule has 0 aromatic rings. The molecular formula is C10H16O2. The Bertz CT molecular complexity index is 224. The van der Waals surface area contributed by atoms with Crippen molar-refractivity contribution in [1.29, 1.82) is 0 Å². The second kappa shape index (κ2) is 2.25. The number of aliphatic hydroxyl groups is 1. The number of hydrogen-bond acceptors (Lipinski definition) is 2. The summed E-state index contributed by atoms with van der Waals surface area (Å²) in [7, 11) is 0. The Hall–Kier alpha value is -0.500. The molecule has 0 aromatic heterocycles. The van der Waals surface area contributed by atoms with Crippen molar-refractivity contribution in [3.05, 3.63) is 11.8 Å². The van der Waals surface area contributed by atoms with E-state index in [0.717, 1.165) is 31.4 Å². The van der Waals surface area contributed by atoms with Crippen LogP contribution in [0.4, 0.5) is 0 Å². The van der Waals surface area contributed by atoms with Gasteiger partial charge in [0.2, 0.25) is 0 Å². The van der Waals surface area contributed by atoms with Gasteiger partial charge >= 0.3 is 0 Å². The SMILES string of the molecule is CC1(C)CC=C(C2(O)CCC2)O1. The van der Waals surface area contributed by atoms with Gasteiger partial charge in [0.15, 0.2) is 0 Å². The summed E-state index contributed by atoms with van der Waals surface area (Å²) in [5, 5.41) is 9.95. The Morgan fingerprint density at radius 2 is 2.08 bits per heavy atom. The minimum absolute atomic E-state index is 0.0966. The molecule has 1 fully saturated rings. The van der Waals surface area contributed by atoms with E-state index in [4.69, 9.17) is 4.74 Å². The van der Waals surface area contributed by atoms with Crippen LogP contribution >= 0.6 is 0 Å². The highest BCUT2D eigenvalue weighted by Crippen LogP contribution is 2.43. The molecule has 0 spiro atoms. The van der Waals surface area contributed by atoms with Crippen molar-refractivity contribution in [3.63, 3.8) is 0 Å². The van der Waals surface area contributed by atoms with E-state index >= 15 is 0 Å². The van der Waals surface area contributed by atoms with Crippen LogP contribution in [-0.2, 0) is 4.74 Å². The Morgan fingerprint density at radius 1 is 1.42 bits per heavy atom. The van der Waals surface area contributed by atoms with Gasteiger partial charge in [0.25, 0.3) is 0 Å². The molecule has 12 heavy (non-hydrogen) atoms. The summed E-state index contributed by atoms with van der Waals surface area (Å²) in [5.41, 5.74) is -0.700. The van der Waals surface area contributed by atoms with Gasteiger partial charge < -0.3 is 9.84 Å². The molecule has 0 atom stereocenters. The third-order valence-corrected chi connectivity index (χ3v) is 2.80. The molecule has 1 N–H and O–H groups in total. The first kappa shape index (κ1) is 8.11. The average molecular weight is 168 g/mol. The number of hydrogen-bond donors (Lipinski definition) is 1. The quantitative estimate of drug-likeness (QED) is 0.648. The molecule has 1 aliphatic carbocycles. The predicted molar refractivity (Wildman–Crippen MR) is 46.7 cm³/mol. The summed E-state index contributed by atoms with van der Waals surface area (Å²) in [6, 6.07) is 0. The van der Waals surface area contributed by atoms with Gasteiger partial charge in [-0.2, -0.15) is 0 Å². The fraction of sp³-hybridized carbons (Fsp3) is 0.800. The van der Waals surface area contributed by atoms with Gasteiger partial charge in [-0.05, 0) is 39.2 Å². The van der Waals surface area contributed by atoms with Crippen LogP contribution in [0.1, 0.15) is 39.5 Å². The first-order valence-corrected chi connectivity index (χ1v) is 4.64. The molecule has 1 aliphatic heterocycles. The van der Waals surface area contributed by atoms with Crippen molar-refractivity contribution in [2.75, 3.05) is 0 Å². The Labute approximate surface area is 73.2 Å². The zero-order chi connectivity index (χ0) is 8.82. The molecule has 0 aromatic carbocycles. The van der Waals surface area contributed by atoms with E-state index in [9.17, 15) is 5.11 Å². The van der Waals surface area contributed by atoms with Gasteiger partial charge in [-0.3, -0.25) is 0 Å². The van der Waals surface area contributed by atoms with E-state index in [2.05, 4.69) is 13.8 Å². The van der Waals surface area contributed by atoms with Gasteiger partial charge in [0.1, 0.15) is 17.0 Å². The zero-order valence-electron chi connectivity index (χ0n) is 7.76. The van der Waals surface area contributed by atoms with Gasteiger partial charge in [-0.1, -0.05) is 0 Å². The first-order chi connectivity index (χ1) is 5.52. The summed E-state index contributed by atoms with van der Waals surface area (Å²) in [6.45, 7) is 4.11. The summed E-state index contributed by atoms with van der Waals surface area (Å²) in [5.74, 6) is 0.818. The fourth-order valence-electron chi connectivity index (χ4n) is 1.76. The molecule has 2 aliphatic rings. The lowest BCUT2D eigenvalue weighted by atomic mass is 9.79. The monoisotopic (exact) mass is 168 g/mol. The van der Waals surface area contributed by atoms with Gasteiger partial charge in [-0.25, -0.2) is 0 Å². The highest BCUT2D eigenvalue weighted by atomic mass is 16.5. The van der Waals surface area contributed by atoms with Crippen LogP contribution in [0.15, 0.2) is 11.8 Å². The van der Waals surface area contributed by atoms with Crippen molar-refractivity contribution in [1.82, 2.24) is 0 Å². The largest absolute Gasteiger partial charge is 0.489 e. The molecule has 0 bridgehead atoms. The Kier molecular flexibility index (Phi) is 1.52. The summed E-state index contributed by atoms with van der Waals surface area (Å²) in [6.07, 6.45) is 5.82. The molecule has 68 valence electrons. The van der Waals surface area contributed by atoms with E-state index in [1.807, 2.05) is 6.08 Å². The predicted octanol–water partition coefficient (Wildman–Crippen LogP) is 1.98. The Balaban J connectivity index is 2.08. The maximum Gasteiger partial charge on any atom is 0.125 e.